The van der Waals surface area contributed by atoms with Crippen molar-refractivity contribution in [3.05, 3.63) is 59.7 Å². The van der Waals surface area contributed by atoms with Crippen molar-refractivity contribution in [1.29, 1.82) is 0 Å². The van der Waals surface area contributed by atoms with Gasteiger partial charge >= 0.3 is 5.97 Å². The van der Waals surface area contributed by atoms with Gasteiger partial charge in [-0.15, -0.1) is 0 Å². The smallest absolute Gasteiger partial charge is 0.338 e. The van der Waals surface area contributed by atoms with Crippen LogP contribution in [0.15, 0.2) is 48.5 Å². The highest BCUT2D eigenvalue weighted by Crippen LogP contribution is 2.32. The number of methoxy groups -OCH3 is 1. The Hall–Kier alpha value is -3.45. The van der Waals surface area contributed by atoms with Crippen LogP contribution in [0.4, 0.5) is 0 Å². The number of carbonyl (C=O) groups is 2. The number of benzene rings is 2. The Balaban J connectivity index is 1.72. The number of hydrogen-bond acceptors (Lipinski definition) is 6. The molecule has 1 fully saturated rings. The molecule has 3 aromatic rings. The van der Waals surface area contributed by atoms with E-state index in [9.17, 15) is 9.59 Å². The molecule has 1 aliphatic heterocycles. The molecule has 0 saturated carbocycles. The Labute approximate surface area is 193 Å². The summed E-state index contributed by atoms with van der Waals surface area (Å²) in [6.45, 7) is 7.77. The average molecular weight is 449 g/mol. The summed E-state index contributed by atoms with van der Waals surface area (Å²) in [5, 5.41) is 0.833. The topological polar surface area (TPSA) is 78.0 Å². The number of esters is 1. The zero-order valence-corrected chi connectivity index (χ0v) is 19.4. The van der Waals surface area contributed by atoms with Crippen molar-refractivity contribution < 1.29 is 23.8 Å². The molecule has 4 rings (SSSR count). The first-order valence-electron chi connectivity index (χ1n) is 10.9. The van der Waals surface area contributed by atoms with E-state index in [0.29, 0.717) is 43.3 Å². The van der Waals surface area contributed by atoms with Crippen LogP contribution in [-0.4, -0.2) is 60.8 Å². The largest absolute Gasteiger partial charge is 0.481 e. The fraction of sp³-hybridized carbons (Fsp3) is 0.346. The van der Waals surface area contributed by atoms with Crippen molar-refractivity contribution in [3.63, 3.8) is 0 Å². The van der Waals surface area contributed by atoms with Gasteiger partial charge in [0.05, 0.1) is 31.4 Å². The van der Waals surface area contributed by atoms with Crippen LogP contribution in [0.25, 0.3) is 22.0 Å². The first-order valence-corrected chi connectivity index (χ1v) is 10.9. The van der Waals surface area contributed by atoms with Crippen LogP contribution in [0.3, 0.4) is 0 Å². The number of aromatic nitrogens is 1. The molecule has 33 heavy (non-hydrogen) atoms. The maximum atomic E-state index is 13.0. The normalized spacial score (nSPS) is 14.2. The van der Waals surface area contributed by atoms with Gasteiger partial charge in [-0.05, 0) is 62.2 Å². The molecular weight excluding hydrogens is 420 g/mol. The molecule has 2 heterocycles. The third-order valence-corrected chi connectivity index (χ3v) is 5.37. The fourth-order valence-electron chi connectivity index (χ4n) is 3.75. The van der Waals surface area contributed by atoms with E-state index in [4.69, 9.17) is 14.2 Å². The van der Waals surface area contributed by atoms with Crippen molar-refractivity contribution in [2.75, 3.05) is 33.4 Å². The van der Waals surface area contributed by atoms with E-state index in [1.54, 1.807) is 30.2 Å². The highest BCUT2D eigenvalue weighted by Gasteiger charge is 2.21. The molecule has 1 aromatic heterocycles. The first-order chi connectivity index (χ1) is 15.7. The quantitative estimate of drug-likeness (QED) is 0.553. The summed E-state index contributed by atoms with van der Waals surface area (Å²) in [6.07, 6.45) is 0. The zero-order chi connectivity index (χ0) is 23.6. The maximum absolute atomic E-state index is 13.0. The molecule has 2 aromatic carbocycles. The van der Waals surface area contributed by atoms with Gasteiger partial charge in [0.25, 0.3) is 5.91 Å². The van der Waals surface area contributed by atoms with E-state index < -0.39 is 5.60 Å². The SMILES string of the molecule is COc1cc(-c2ccc(C(=O)OC(C)(C)C)cc2)c2cc(C(=O)N3CCOCC3)ccc2n1. The van der Waals surface area contributed by atoms with Gasteiger partial charge in [-0.1, -0.05) is 12.1 Å². The molecule has 7 heteroatoms. The van der Waals surface area contributed by atoms with Crippen LogP contribution < -0.4 is 4.74 Å². The van der Waals surface area contributed by atoms with Crippen molar-refractivity contribution >= 4 is 22.8 Å². The van der Waals surface area contributed by atoms with Gasteiger partial charge in [0, 0.05) is 30.1 Å². The molecular formula is C26H28N2O5. The number of rotatable bonds is 4. The Morgan fingerprint density at radius 1 is 0.970 bits per heavy atom. The minimum atomic E-state index is -0.562. The summed E-state index contributed by atoms with van der Waals surface area (Å²) in [5.41, 5.74) is 2.98. The lowest BCUT2D eigenvalue weighted by Gasteiger charge is -2.27. The molecule has 0 unspecified atom stereocenters. The van der Waals surface area contributed by atoms with E-state index in [1.807, 2.05) is 51.1 Å². The van der Waals surface area contributed by atoms with Gasteiger partial charge in [-0.25, -0.2) is 9.78 Å². The number of fused-ring (bicyclic) bond motifs is 1. The third kappa shape index (κ3) is 5.14. The highest BCUT2D eigenvalue weighted by molar-refractivity contribution is 6.02. The van der Waals surface area contributed by atoms with Crippen LogP contribution in [0.5, 0.6) is 5.88 Å². The predicted octanol–water partition coefficient (Wildman–Crippen LogP) is 4.34. The Bertz CT molecular complexity index is 1180. The number of amides is 1. The van der Waals surface area contributed by atoms with Gasteiger partial charge in [0.15, 0.2) is 0 Å². The van der Waals surface area contributed by atoms with E-state index in [1.165, 1.54) is 0 Å². The third-order valence-electron chi connectivity index (χ3n) is 5.37. The summed E-state index contributed by atoms with van der Waals surface area (Å²) in [4.78, 5) is 31.7. The number of morpholine rings is 1. The van der Waals surface area contributed by atoms with Crippen LogP contribution >= 0.6 is 0 Å². The fourth-order valence-corrected chi connectivity index (χ4v) is 3.75. The first kappa shape index (κ1) is 22.7. The minimum Gasteiger partial charge on any atom is -0.481 e. The Morgan fingerprint density at radius 2 is 1.64 bits per heavy atom. The second kappa shape index (κ2) is 9.19. The zero-order valence-electron chi connectivity index (χ0n) is 19.4. The summed E-state index contributed by atoms with van der Waals surface area (Å²) < 4.78 is 16.2. The molecule has 0 bridgehead atoms. The number of hydrogen-bond donors (Lipinski definition) is 0. The lowest BCUT2D eigenvalue weighted by molar-refractivity contribution is 0.00694. The lowest BCUT2D eigenvalue weighted by atomic mass is 9.98. The molecule has 1 aliphatic rings. The van der Waals surface area contributed by atoms with E-state index in [0.717, 1.165) is 22.0 Å². The molecule has 0 atom stereocenters. The molecule has 1 saturated heterocycles. The van der Waals surface area contributed by atoms with Crippen LogP contribution in [0.2, 0.25) is 0 Å². The van der Waals surface area contributed by atoms with Crippen LogP contribution in [0.1, 0.15) is 41.5 Å². The Morgan fingerprint density at radius 3 is 2.27 bits per heavy atom. The molecule has 7 nitrogen and oxygen atoms in total. The van der Waals surface area contributed by atoms with Crippen molar-refractivity contribution in [2.24, 2.45) is 0 Å². The second-order valence-corrected chi connectivity index (χ2v) is 8.93. The molecule has 0 N–H and O–H groups in total. The van der Waals surface area contributed by atoms with Crippen LogP contribution in [-0.2, 0) is 9.47 Å². The van der Waals surface area contributed by atoms with Crippen LogP contribution in [0, 0.1) is 0 Å². The standard InChI is InChI=1S/C26H28N2O5/c1-26(2,3)33-25(30)18-7-5-17(6-8-18)20-16-23(31-4)27-22-10-9-19(15-21(20)22)24(29)28-11-13-32-14-12-28/h5-10,15-16H,11-14H2,1-4H3. The van der Waals surface area contributed by atoms with Gasteiger partial charge in [0.1, 0.15) is 5.60 Å². The van der Waals surface area contributed by atoms with E-state index in [-0.39, 0.29) is 11.9 Å². The number of pyridine rings is 1. The average Bonchev–Trinajstić information content (AvgIpc) is 2.82. The number of ether oxygens (including phenoxy) is 3. The van der Waals surface area contributed by atoms with E-state index >= 15 is 0 Å². The van der Waals surface area contributed by atoms with Crippen molar-refractivity contribution in [3.8, 4) is 17.0 Å². The van der Waals surface area contributed by atoms with Crippen molar-refractivity contribution in [1.82, 2.24) is 9.88 Å². The minimum absolute atomic E-state index is 0.0257. The molecule has 0 spiro atoms. The summed E-state index contributed by atoms with van der Waals surface area (Å²) in [7, 11) is 1.57. The van der Waals surface area contributed by atoms with Crippen molar-refractivity contribution in [2.45, 2.75) is 26.4 Å². The summed E-state index contributed by atoms with van der Waals surface area (Å²) >= 11 is 0. The molecule has 0 radical (unpaired) electrons. The molecule has 1 amide bonds. The lowest BCUT2D eigenvalue weighted by Crippen LogP contribution is -2.40. The van der Waals surface area contributed by atoms with Gasteiger partial charge < -0.3 is 19.1 Å². The number of carbonyl (C=O) groups excluding carboxylic acids is 2. The summed E-state index contributed by atoms with van der Waals surface area (Å²) in [6, 6.07) is 14.6. The van der Waals surface area contributed by atoms with Gasteiger partial charge in [-0.3, -0.25) is 4.79 Å². The highest BCUT2D eigenvalue weighted by atomic mass is 16.6. The number of nitrogens with zero attached hydrogens (tertiary/aromatic N) is 2. The van der Waals surface area contributed by atoms with E-state index in [2.05, 4.69) is 4.98 Å². The summed E-state index contributed by atoms with van der Waals surface area (Å²) in [5.74, 6) is 0.0767. The monoisotopic (exact) mass is 448 g/mol. The second-order valence-electron chi connectivity index (χ2n) is 8.93. The maximum Gasteiger partial charge on any atom is 0.338 e. The Kier molecular flexibility index (Phi) is 6.33. The molecule has 172 valence electrons. The molecule has 0 aliphatic carbocycles. The van der Waals surface area contributed by atoms with Gasteiger partial charge in [0.2, 0.25) is 5.88 Å². The predicted molar refractivity (Wildman–Crippen MR) is 126 cm³/mol. The van der Waals surface area contributed by atoms with Gasteiger partial charge in [-0.2, -0.15) is 0 Å².